The smallest absolute Gasteiger partial charge is 0.433 e. The largest absolute Gasteiger partial charge is 0.471 e. The van der Waals surface area contributed by atoms with Crippen LogP contribution in [0.5, 0.6) is 5.88 Å². The summed E-state index contributed by atoms with van der Waals surface area (Å²) in [5.41, 5.74) is 1.50. The number of aromatic nitrogens is 4. The van der Waals surface area contributed by atoms with E-state index in [1.165, 1.54) is 11.0 Å². The second-order valence-corrected chi connectivity index (χ2v) is 10.2. The Hall–Kier alpha value is -3.55. The van der Waals surface area contributed by atoms with Crippen LogP contribution < -0.4 is 4.74 Å². The lowest BCUT2D eigenvalue weighted by atomic mass is 10.1. The predicted octanol–water partition coefficient (Wildman–Crippen LogP) is 2.36. The van der Waals surface area contributed by atoms with Crippen molar-refractivity contribution in [2.24, 2.45) is 0 Å². The number of ether oxygens (including phenoxy) is 1. The van der Waals surface area contributed by atoms with Crippen LogP contribution in [-0.4, -0.2) is 58.1 Å². The van der Waals surface area contributed by atoms with Gasteiger partial charge in [0.1, 0.15) is 29.5 Å². The van der Waals surface area contributed by atoms with Crippen molar-refractivity contribution in [3.05, 3.63) is 52.7 Å². The predicted molar refractivity (Wildman–Crippen MR) is 115 cm³/mol. The molecule has 1 aliphatic rings. The fraction of sp³-hybridized carbons (Fsp3) is 0.381. The highest BCUT2D eigenvalue weighted by atomic mass is 32.2. The maximum absolute atomic E-state index is 12.8. The van der Waals surface area contributed by atoms with Crippen LogP contribution in [0.1, 0.15) is 28.3 Å². The lowest BCUT2D eigenvalue weighted by Gasteiger charge is -2.27. The molecule has 0 bridgehead atoms. The molecule has 4 rings (SSSR count). The van der Waals surface area contributed by atoms with E-state index in [0.29, 0.717) is 41.2 Å². The maximum atomic E-state index is 12.8. The molecule has 0 atom stereocenters. The zero-order valence-electron chi connectivity index (χ0n) is 18.7. The molecule has 1 aliphatic heterocycles. The molecule has 0 spiro atoms. The Morgan fingerprint density at radius 3 is 2.69 bits per heavy atom. The molecule has 0 radical (unpaired) electrons. The summed E-state index contributed by atoms with van der Waals surface area (Å²) in [5, 5.41) is 12.0. The number of carbonyl (C=O) groups excluding carboxylic acids is 1. The zero-order chi connectivity index (χ0) is 25.4. The van der Waals surface area contributed by atoms with E-state index in [2.05, 4.69) is 20.3 Å². The molecule has 35 heavy (non-hydrogen) atoms. The molecule has 4 heterocycles. The molecule has 10 nitrogen and oxygen atoms in total. The molecule has 0 saturated carbocycles. The van der Waals surface area contributed by atoms with Crippen molar-refractivity contribution in [1.29, 1.82) is 0 Å². The number of aryl methyl sites for hydroxylation is 1. The van der Waals surface area contributed by atoms with Gasteiger partial charge in [-0.2, -0.15) is 13.2 Å². The third-order valence-corrected chi connectivity index (χ3v) is 6.12. The maximum Gasteiger partial charge on any atom is 0.433 e. The summed E-state index contributed by atoms with van der Waals surface area (Å²) in [6, 6.07) is 3.80. The third-order valence-electron chi connectivity index (χ3n) is 5.34. The average molecular weight is 511 g/mol. The van der Waals surface area contributed by atoms with Crippen molar-refractivity contribution < 1.29 is 35.6 Å². The van der Waals surface area contributed by atoms with Crippen LogP contribution in [0, 0.1) is 6.92 Å². The first kappa shape index (κ1) is 24.6. The summed E-state index contributed by atoms with van der Waals surface area (Å²) < 4.78 is 72.1. The van der Waals surface area contributed by atoms with Crippen molar-refractivity contribution in [1.82, 2.24) is 25.2 Å². The molecule has 3 aromatic rings. The second-order valence-electron chi connectivity index (χ2n) is 8.07. The highest BCUT2D eigenvalue weighted by Crippen LogP contribution is 2.31. The second kappa shape index (κ2) is 9.24. The number of hydrogen-bond acceptors (Lipinski definition) is 9. The number of sulfone groups is 1. The Morgan fingerprint density at radius 1 is 1.26 bits per heavy atom. The first-order valence-electron chi connectivity index (χ1n) is 10.3. The van der Waals surface area contributed by atoms with Gasteiger partial charge in [0, 0.05) is 30.6 Å². The summed E-state index contributed by atoms with van der Waals surface area (Å²) in [5.74, 6) is -0.428. The summed E-state index contributed by atoms with van der Waals surface area (Å²) in [4.78, 5) is 17.0. The van der Waals surface area contributed by atoms with Gasteiger partial charge < -0.3 is 14.2 Å². The van der Waals surface area contributed by atoms with Crippen molar-refractivity contribution in [3.63, 3.8) is 0 Å². The summed E-state index contributed by atoms with van der Waals surface area (Å²) in [6.45, 7) is 2.10. The van der Waals surface area contributed by atoms with E-state index in [1.807, 2.05) is 0 Å². The molecule has 186 valence electrons. The Labute approximate surface area is 198 Å². The van der Waals surface area contributed by atoms with Crippen LogP contribution in [0.25, 0.3) is 11.3 Å². The van der Waals surface area contributed by atoms with Gasteiger partial charge in [0.15, 0.2) is 9.84 Å². The van der Waals surface area contributed by atoms with Crippen LogP contribution in [0.15, 0.2) is 28.9 Å². The number of halogens is 3. The van der Waals surface area contributed by atoms with E-state index in [9.17, 15) is 26.4 Å². The lowest BCUT2D eigenvalue weighted by molar-refractivity contribution is -0.141. The summed E-state index contributed by atoms with van der Waals surface area (Å²) in [7, 11) is -3.44. The molecule has 0 N–H and O–H groups in total. The van der Waals surface area contributed by atoms with E-state index in [4.69, 9.17) is 9.26 Å². The number of carbonyl (C=O) groups is 1. The van der Waals surface area contributed by atoms with Crippen molar-refractivity contribution in [3.8, 4) is 17.1 Å². The molecule has 0 saturated heterocycles. The minimum Gasteiger partial charge on any atom is -0.471 e. The van der Waals surface area contributed by atoms with Gasteiger partial charge in [-0.3, -0.25) is 9.78 Å². The van der Waals surface area contributed by atoms with Crippen molar-refractivity contribution in [2.45, 2.75) is 32.7 Å². The first-order valence-corrected chi connectivity index (χ1v) is 12.4. The van der Waals surface area contributed by atoms with E-state index in [0.717, 1.165) is 24.1 Å². The molecular formula is C21H20F3N5O5S. The van der Waals surface area contributed by atoms with Crippen molar-refractivity contribution in [2.75, 3.05) is 18.6 Å². The SMILES string of the molecule is Cc1onc(-c2ccc(C(F)(F)F)nc2)c1COc1cc2c(nn1)CN(C(=O)CS(C)(=O)=O)CC2. The average Bonchev–Trinajstić information content (AvgIpc) is 3.15. The Morgan fingerprint density at radius 2 is 2.03 bits per heavy atom. The summed E-state index contributed by atoms with van der Waals surface area (Å²) >= 11 is 0. The number of amides is 1. The van der Waals surface area contributed by atoms with Crippen LogP contribution in [0.3, 0.4) is 0 Å². The third kappa shape index (κ3) is 5.75. The fourth-order valence-electron chi connectivity index (χ4n) is 3.53. The lowest BCUT2D eigenvalue weighted by Crippen LogP contribution is -2.39. The number of pyridine rings is 1. The van der Waals surface area contributed by atoms with Crippen LogP contribution in [0.2, 0.25) is 0 Å². The van der Waals surface area contributed by atoms with Crippen LogP contribution >= 0.6 is 0 Å². The van der Waals surface area contributed by atoms with Crippen LogP contribution in [0.4, 0.5) is 13.2 Å². The van der Waals surface area contributed by atoms with Gasteiger partial charge in [-0.05, 0) is 31.0 Å². The molecule has 1 amide bonds. The van der Waals surface area contributed by atoms with E-state index in [-0.39, 0.29) is 19.0 Å². The summed E-state index contributed by atoms with van der Waals surface area (Å²) in [6.07, 6.45) is -2.03. The van der Waals surface area contributed by atoms with Gasteiger partial charge in [0.2, 0.25) is 11.8 Å². The highest BCUT2D eigenvalue weighted by molar-refractivity contribution is 7.91. The zero-order valence-corrected chi connectivity index (χ0v) is 19.5. The number of rotatable bonds is 6. The standard InChI is InChI=1S/C21H20F3N5O5S/c1-12-15(20(28-34-12)14-3-4-17(25-8-14)21(22,23)24)10-33-18-7-13-5-6-29(9-16(13)26-27-18)19(30)11-35(2,31)32/h3-4,7-8H,5-6,9-11H2,1-2H3. The molecule has 0 unspecified atom stereocenters. The normalized spacial score (nSPS) is 14.0. The van der Waals surface area contributed by atoms with Gasteiger partial charge in [-0.25, -0.2) is 8.42 Å². The molecular weight excluding hydrogens is 491 g/mol. The van der Waals surface area contributed by atoms with Crippen molar-refractivity contribution >= 4 is 15.7 Å². The number of fused-ring (bicyclic) bond motifs is 1. The number of nitrogens with zero attached hydrogens (tertiary/aromatic N) is 5. The van der Waals surface area contributed by atoms with Gasteiger partial charge in [-0.15, -0.1) is 10.2 Å². The van der Waals surface area contributed by atoms with Gasteiger partial charge in [0.05, 0.1) is 17.8 Å². The molecule has 3 aromatic heterocycles. The Bertz CT molecular complexity index is 1360. The number of hydrogen-bond donors (Lipinski definition) is 0. The Kier molecular flexibility index (Phi) is 6.49. The Balaban J connectivity index is 1.45. The van der Waals surface area contributed by atoms with E-state index < -0.39 is 33.4 Å². The molecule has 0 fully saturated rings. The number of alkyl halides is 3. The monoisotopic (exact) mass is 511 g/mol. The van der Waals surface area contributed by atoms with Gasteiger partial charge in [0.25, 0.3) is 0 Å². The molecule has 0 aromatic carbocycles. The minimum absolute atomic E-state index is 0.0296. The quantitative estimate of drug-likeness (QED) is 0.490. The van der Waals surface area contributed by atoms with Crippen LogP contribution in [-0.2, 0) is 40.4 Å². The van der Waals surface area contributed by atoms with Gasteiger partial charge >= 0.3 is 6.18 Å². The minimum atomic E-state index is -4.55. The van der Waals surface area contributed by atoms with Gasteiger partial charge in [-0.1, -0.05) is 5.16 Å². The first-order chi connectivity index (χ1) is 16.4. The fourth-order valence-corrected chi connectivity index (χ4v) is 4.17. The molecule has 14 heteroatoms. The highest BCUT2D eigenvalue weighted by Gasteiger charge is 2.32. The van der Waals surface area contributed by atoms with E-state index >= 15 is 0 Å². The van der Waals surface area contributed by atoms with E-state index in [1.54, 1.807) is 13.0 Å². The molecule has 0 aliphatic carbocycles. The topological polar surface area (TPSA) is 128 Å².